The van der Waals surface area contributed by atoms with E-state index in [9.17, 15) is 9.50 Å². The molecule has 1 atom stereocenters. The number of benzene rings is 1. The van der Waals surface area contributed by atoms with Crippen LogP contribution in [-0.2, 0) is 6.42 Å². The van der Waals surface area contributed by atoms with Crippen LogP contribution in [0, 0.1) is 11.7 Å². The Hall–Kier alpha value is -1.99. The normalized spacial score (nSPS) is 17.8. The number of halogens is 1. The van der Waals surface area contributed by atoms with E-state index < -0.39 is 0 Å². The van der Waals surface area contributed by atoms with Crippen molar-refractivity contribution in [2.45, 2.75) is 39.2 Å². The predicted octanol–water partition coefficient (Wildman–Crippen LogP) is 4.02. The molecule has 26 heavy (non-hydrogen) atoms. The molecule has 1 N–H and O–H groups in total. The lowest BCUT2D eigenvalue weighted by atomic mass is 9.95. The summed E-state index contributed by atoms with van der Waals surface area (Å²) in [5, 5.41) is 15.2. The van der Waals surface area contributed by atoms with Gasteiger partial charge in [0, 0.05) is 6.42 Å². The Balaban J connectivity index is 1.79. The van der Waals surface area contributed by atoms with Crippen molar-refractivity contribution < 1.29 is 9.50 Å². The third-order valence-corrected chi connectivity index (χ3v) is 6.23. The van der Waals surface area contributed by atoms with Gasteiger partial charge in [-0.2, -0.15) is 4.52 Å². The fraction of sp³-hybridized carbons (Fsp3) is 0.474. The Bertz CT molecular complexity index is 914. The molecule has 0 unspecified atom stereocenters. The molecule has 3 aromatic rings. The third kappa shape index (κ3) is 3.10. The van der Waals surface area contributed by atoms with Crippen molar-refractivity contribution in [2.24, 2.45) is 5.92 Å². The quantitative estimate of drug-likeness (QED) is 0.749. The molecule has 0 bridgehead atoms. The van der Waals surface area contributed by atoms with Crippen LogP contribution >= 0.6 is 11.3 Å². The minimum atomic E-state index is -0.259. The second-order valence-electron chi connectivity index (χ2n) is 7.04. The van der Waals surface area contributed by atoms with Gasteiger partial charge < -0.3 is 5.11 Å². The largest absolute Gasteiger partial charge is 0.492 e. The van der Waals surface area contributed by atoms with Crippen molar-refractivity contribution in [3.05, 3.63) is 46.3 Å². The summed E-state index contributed by atoms with van der Waals surface area (Å²) in [5.74, 6) is 1.27. The summed E-state index contributed by atoms with van der Waals surface area (Å²) >= 11 is 1.44. The molecule has 4 rings (SSSR count). The highest BCUT2D eigenvalue weighted by molar-refractivity contribution is 7.17. The molecule has 0 saturated carbocycles. The van der Waals surface area contributed by atoms with Gasteiger partial charge in [0.05, 0.1) is 10.9 Å². The molecule has 1 aliphatic heterocycles. The molecular formula is C19H23FN4OS. The molecule has 1 aromatic carbocycles. The van der Waals surface area contributed by atoms with Crippen LogP contribution in [0.3, 0.4) is 0 Å². The van der Waals surface area contributed by atoms with Crippen LogP contribution in [0.5, 0.6) is 5.88 Å². The molecular weight excluding hydrogens is 351 g/mol. The summed E-state index contributed by atoms with van der Waals surface area (Å²) in [7, 11) is 0. The molecule has 0 spiro atoms. The molecule has 2 aromatic heterocycles. The van der Waals surface area contributed by atoms with Gasteiger partial charge in [0.1, 0.15) is 5.82 Å². The average molecular weight is 374 g/mol. The Labute approximate surface area is 156 Å². The van der Waals surface area contributed by atoms with E-state index in [1.807, 2.05) is 13.0 Å². The number of likely N-dealkylation sites (tertiary alicyclic amines) is 1. The van der Waals surface area contributed by atoms with Gasteiger partial charge in [0.2, 0.25) is 10.8 Å². The number of piperidine rings is 1. The number of aryl methyl sites for hydroxylation is 1. The second-order valence-corrected chi connectivity index (χ2v) is 8.05. The Morgan fingerprint density at radius 2 is 2.12 bits per heavy atom. The van der Waals surface area contributed by atoms with E-state index in [2.05, 4.69) is 21.9 Å². The summed E-state index contributed by atoms with van der Waals surface area (Å²) < 4.78 is 15.4. The summed E-state index contributed by atoms with van der Waals surface area (Å²) in [6.07, 6.45) is 2.93. The molecule has 0 radical (unpaired) electrons. The molecule has 0 aliphatic carbocycles. The van der Waals surface area contributed by atoms with Gasteiger partial charge in [-0.3, -0.25) is 4.90 Å². The van der Waals surface area contributed by atoms with Crippen LogP contribution in [0.15, 0.2) is 24.3 Å². The highest BCUT2D eigenvalue weighted by Gasteiger charge is 2.31. The van der Waals surface area contributed by atoms with Gasteiger partial charge in [-0.15, -0.1) is 5.10 Å². The lowest BCUT2D eigenvalue weighted by molar-refractivity contribution is 0.157. The van der Waals surface area contributed by atoms with Crippen molar-refractivity contribution >= 4 is 16.3 Å². The zero-order chi connectivity index (χ0) is 18.3. The summed E-state index contributed by atoms with van der Waals surface area (Å²) in [4.78, 5) is 8.28. The number of hydrogen-bond acceptors (Lipinski definition) is 5. The maximum absolute atomic E-state index is 13.9. The number of hydrogen-bond donors (Lipinski definition) is 1. The Morgan fingerprint density at radius 3 is 2.77 bits per heavy atom. The number of aromatic hydroxyl groups is 1. The minimum absolute atomic E-state index is 0.116. The average Bonchev–Trinajstić information content (AvgIpc) is 3.17. The van der Waals surface area contributed by atoms with E-state index in [4.69, 9.17) is 0 Å². The molecule has 5 nitrogen and oxygen atoms in total. The van der Waals surface area contributed by atoms with E-state index in [0.717, 1.165) is 42.8 Å². The van der Waals surface area contributed by atoms with E-state index in [1.54, 1.807) is 12.1 Å². The van der Waals surface area contributed by atoms with Crippen LogP contribution in [0.25, 0.3) is 4.96 Å². The van der Waals surface area contributed by atoms with Gasteiger partial charge in [0.15, 0.2) is 5.82 Å². The minimum Gasteiger partial charge on any atom is -0.492 e. The summed E-state index contributed by atoms with van der Waals surface area (Å²) in [6.45, 7) is 6.11. The summed E-state index contributed by atoms with van der Waals surface area (Å²) in [5.41, 5.74) is 0.857. The van der Waals surface area contributed by atoms with Gasteiger partial charge in [-0.1, -0.05) is 37.3 Å². The van der Waals surface area contributed by atoms with Gasteiger partial charge in [-0.25, -0.2) is 9.37 Å². The first-order valence-corrected chi connectivity index (χ1v) is 9.95. The maximum atomic E-state index is 13.9. The first kappa shape index (κ1) is 17.4. The van der Waals surface area contributed by atoms with Crippen molar-refractivity contribution in [1.82, 2.24) is 19.5 Å². The smallest absolute Gasteiger partial charge is 0.230 e. The van der Waals surface area contributed by atoms with E-state index in [1.165, 1.54) is 21.9 Å². The van der Waals surface area contributed by atoms with Crippen LogP contribution in [0.1, 0.15) is 49.0 Å². The number of rotatable bonds is 4. The van der Waals surface area contributed by atoms with Gasteiger partial charge >= 0.3 is 0 Å². The first-order valence-electron chi connectivity index (χ1n) is 9.13. The fourth-order valence-electron chi connectivity index (χ4n) is 3.61. The third-order valence-electron chi connectivity index (χ3n) is 5.16. The first-order chi connectivity index (χ1) is 12.6. The number of fused-ring (bicyclic) bond motifs is 1. The van der Waals surface area contributed by atoms with Crippen molar-refractivity contribution in [1.29, 1.82) is 0 Å². The molecule has 0 amide bonds. The lowest BCUT2D eigenvalue weighted by Crippen LogP contribution is -2.36. The van der Waals surface area contributed by atoms with Crippen LogP contribution in [0.2, 0.25) is 0 Å². The molecule has 1 saturated heterocycles. The zero-order valence-electron chi connectivity index (χ0n) is 15.0. The predicted molar refractivity (Wildman–Crippen MR) is 100 cm³/mol. The molecule has 138 valence electrons. The highest BCUT2D eigenvalue weighted by atomic mass is 32.1. The molecule has 7 heteroatoms. The van der Waals surface area contributed by atoms with Crippen molar-refractivity contribution in [2.75, 3.05) is 13.1 Å². The SMILES string of the molecule is CCc1nc2sc([C@@H](c3cccc(F)c3)N3CCC(C)CC3)c(O)n2n1. The van der Waals surface area contributed by atoms with Gasteiger partial charge in [0.25, 0.3) is 0 Å². The monoisotopic (exact) mass is 374 g/mol. The summed E-state index contributed by atoms with van der Waals surface area (Å²) in [6, 6.07) is 6.49. The Kier molecular flexibility index (Phi) is 4.67. The zero-order valence-corrected chi connectivity index (χ0v) is 15.8. The standard InChI is InChI=1S/C19H23FN4OS/c1-3-15-21-19-24(22-15)18(25)17(26-19)16(13-5-4-6-14(20)11-13)23-9-7-12(2)8-10-23/h4-6,11-12,16,25H,3,7-10H2,1-2H3/t16-/m1/s1. The molecule has 1 aliphatic rings. The maximum Gasteiger partial charge on any atom is 0.230 e. The van der Waals surface area contributed by atoms with E-state index >= 15 is 0 Å². The number of nitrogens with zero attached hydrogens (tertiary/aromatic N) is 4. The Morgan fingerprint density at radius 1 is 1.35 bits per heavy atom. The molecule has 1 fully saturated rings. The number of thiazole rings is 1. The van der Waals surface area contributed by atoms with E-state index in [-0.39, 0.29) is 17.7 Å². The van der Waals surface area contributed by atoms with Gasteiger partial charge in [-0.05, 0) is 49.5 Å². The van der Waals surface area contributed by atoms with Crippen LogP contribution < -0.4 is 0 Å². The van der Waals surface area contributed by atoms with Crippen molar-refractivity contribution in [3.8, 4) is 5.88 Å². The lowest BCUT2D eigenvalue weighted by Gasteiger charge is -2.36. The van der Waals surface area contributed by atoms with Crippen LogP contribution in [-0.4, -0.2) is 37.7 Å². The topological polar surface area (TPSA) is 53.7 Å². The fourth-order valence-corrected chi connectivity index (χ4v) is 4.75. The highest BCUT2D eigenvalue weighted by Crippen LogP contribution is 2.41. The van der Waals surface area contributed by atoms with Crippen molar-refractivity contribution in [3.63, 3.8) is 0 Å². The number of aromatic nitrogens is 3. The second kappa shape index (κ2) is 6.96. The molecule has 3 heterocycles. The van der Waals surface area contributed by atoms with Crippen LogP contribution in [0.4, 0.5) is 4.39 Å². The van der Waals surface area contributed by atoms with E-state index in [0.29, 0.717) is 16.7 Å².